The molecule has 1 aromatic heterocycles. The Kier molecular flexibility index (Phi) is 6.51. The van der Waals surface area contributed by atoms with E-state index in [1.807, 2.05) is 6.92 Å². The van der Waals surface area contributed by atoms with E-state index >= 15 is 0 Å². The lowest BCUT2D eigenvalue weighted by atomic mass is 10.1. The van der Waals surface area contributed by atoms with Crippen molar-refractivity contribution >= 4 is 18.3 Å². The smallest absolute Gasteiger partial charge is 0.332 e. The lowest BCUT2D eigenvalue weighted by Crippen LogP contribution is -2.53. The lowest BCUT2D eigenvalue weighted by molar-refractivity contribution is -0.137. The highest BCUT2D eigenvalue weighted by Gasteiger charge is 2.34. The van der Waals surface area contributed by atoms with Gasteiger partial charge in [-0.05, 0) is 26.0 Å². The van der Waals surface area contributed by atoms with E-state index in [1.165, 1.54) is 30.0 Å². The fourth-order valence-electron chi connectivity index (χ4n) is 3.12. The van der Waals surface area contributed by atoms with Gasteiger partial charge in [0.2, 0.25) is 5.43 Å². The first-order valence-electron chi connectivity index (χ1n) is 8.49. The Hall–Kier alpha value is -2.39. The van der Waals surface area contributed by atoms with Crippen LogP contribution in [-0.4, -0.2) is 46.3 Å². The minimum atomic E-state index is -4.59. The zero-order valence-corrected chi connectivity index (χ0v) is 16.1. The summed E-state index contributed by atoms with van der Waals surface area (Å²) in [4.78, 5) is 26.7. The maximum Gasteiger partial charge on any atom is 0.418 e. The summed E-state index contributed by atoms with van der Waals surface area (Å²) in [5.41, 5.74) is -1.90. The minimum absolute atomic E-state index is 0. The first kappa shape index (κ1) is 21.9. The second-order valence-electron chi connectivity index (χ2n) is 6.48. The van der Waals surface area contributed by atoms with Gasteiger partial charge in [-0.25, -0.2) is 4.68 Å². The molecule has 1 fully saturated rings. The molecule has 1 unspecified atom stereocenters. The first-order valence-corrected chi connectivity index (χ1v) is 8.49. The van der Waals surface area contributed by atoms with Crippen molar-refractivity contribution in [2.24, 2.45) is 0 Å². The number of halogens is 4. The predicted octanol–water partition coefficient (Wildman–Crippen LogP) is 2.42. The third kappa shape index (κ3) is 4.20. The van der Waals surface area contributed by atoms with Crippen LogP contribution >= 0.6 is 12.4 Å². The number of piperazine rings is 1. The van der Waals surface area contributed by atoms with Crippen LogP contribution in [-0.2, 0) is 6.18 Å². The highest BCUT2D eigenvalue weighted by atomic mass is 35.5. The Labute approximate surface area is 165 Å². The van der Waals surface area contributed by atoms with Crippen molar-refractivity contribution in [3.05, 3.63) is 57.5 Å². The van der Waals surface area contributed by atoms with Crippen LogP contribution in [0.5, 0.6) is 0 Å². The molecule has 1 aromatic carbocycles. The molecule has 3 rings (SSSR count). The maximum atomic E-state index is 13.4. The van der Waals surface area contributed by atoms with Gasteiger partial charge in [0.05, 0.1) is 11.3 Å². The van der Waals surface area contributed by atoms with Gasteiger partial charge in [0, 0.05) is 37.4 Å². The van der Waals surface area contributed by atoms with Crippen LogP contribution in [0.15, 0.2) is 35.1 Å². The molecule has 1 N–H and O–H groups in total. The normalized spacial score (nSPS) is 17.2. The molecule has 0 bridgehead atoms. The molecule has 1 aliphatic heterocycles. The summed E-state index contributed by atoms with van der Waals surface area (Å²) in [6.07, 6.45) is -4.59. The molecule has 0 radical (unpaired) electrons. The molecule has 0 saturated carbocycles. The monoisotopic (exact) mass is 416 g/mol. The number of aryl methyl sites for hydroxylation is 1. The summed E-state index contributed by atoms with van der Waals surface area (Å²) in [6.45, 7) is 4.85. The van der Waals surface area contributed by atoms with Crippen molar-refractivity contribution in [2.45, 2.75) is 26.1 Å². The fourth-order valence-corrected chi connectivity index (χ4v) is 3.12. The summed E-state index contributed by atoms with van der Waals surface area (Å²) in [7, 11) is 0. The Morgan fingerprint density at radius 2 is 1.96 bits per heavy atom. The predicted molar refractivity (Wildman–Crippen MR) is 100 cm³/mol. The van der Waals surface area contributed by atoms with Gasteiger partial charge in [-0.1, -0.05) is 12.1 Å². The molecule has 10 heteroatoms. The minimum Gasteiger partial charge on any atom is -0.332 e. The van der Waals surface area contributed by atoms with E-state index in [2.05, 4.69) is 10.4 Å². The van der Waals surface area contributed by atoms with Gasteiger partial charge in [-0.2, -0.15) is 18.3 Å². The van der Waals surface area contributed by atoms with Crippen LogP contribution in [0.2, 0.25) is 0 Å². The number of nitrogens with zero attached hydrogens (tertiary/aromatic N) is 3. The number of hydrogen-bond donors (Lipinski definition) is 1. The number of rotatable bonds is 2. The van der Waals surface area contributed by atoms with Crippen LogP contribution in [0.1, 0.15) is 28.7 Å². The molecule has 152 valence electrons. The summed E-state index contributed by atoms with van der Waals surface area (Å²) in [6, 6.07) is 5.91. The highest BCUT2D eigenvalue weighted by Crippen LogP contribution is 2.33. The first-order chi connectivity index (χ1) is 12.7. The number of carbonyl (C=O) groups excluding carboxylic acids is 1. The number of nitrogens with one attached hydrogen (secondary N) is 1. The molecule has 0 spiro atoms. The molecule has 1 saturated heterocycles. The molecule has 2 aromatic rings. The number of amides is 1. The van der Waals surface area contributed by atoms with Gasteiger partial charge in [0.15, 0.2) is 5.69 Å². The van der Waals surface area contributed by atoms with Gasteiger partial charge in [-0.15, -0.1) is 12.4 Å². The van der Waals surface area contributed by atoms with Gasteiger partial charge >= 0.3 is 6.18 Å². The average Bonchev–Trinajstić information content (AvgIpc) is 2.61. The highest BCUT2D eigenvalue weighted by molar-refractivity contribution is 5.92. The topological polar surface area (TPSA) is 67.2 Å². The van der Waals surface area contributed by atoms with Crippen molar-refractivity contribution in [3.8, 4) is 5.69 Å². The number of para-hydroxylation sites is 1. The number of carbonyl (C=O) groups is 1. The molecular weight excluding hydrogens is 397 g/mol. The van der Waals surface area contributed by atoms with E-state index in [4.69, 9.17) is 0 Å². The molecule has 6 nitrogen and oxygen atoms in total. The Balaban J connectivity index is 0.00000280. The summed E-state index contributed by atoms with van der Waals surface area (Å²) in [5, 5.41) is 7.15. The third-order valence-corrected chi connectivity index (χ3v) is 4.51. The largest absolute Gasteiger partial charge is 0.418 e. The average molecular weight is 417 g/mol. The van der Waals surface area contributed by atoms with Crippen molar-refractivity contribution in [1.29, 1.82) is 0 Å². The van der Waals surface area contributed by atoms with E-state index in [9.17, 15) is 22.8 Å². The standard InChI is InChI=1S/C18H19F3N4O2.ClH/c1-11-9-15(26)16(17(27)24-8-7-22-10-12(24)2)23-25(11)14-6-4-3-5-13(14)18(19,20)21;/h3-6,9,12,22H,7-8,10H2,1-2H3;1H. The molecular formula is C18H20ClF3N4O2. The zero-order chi connectivity index (χ0) is 19.8. The van der Waals surface area contributed by atoms with E-state index in [0.29, 0.717) is 19.6 Å². The molecule has 28 heavy (non-hydrogen) atoms. The molecule has 0 aliphatic carbocycles. The number of aromatic nitrogens is 2. The van der Waals surface area contributed by atoms with Crippen molar-refractivity contribution in [2.75, 3.05) is 19.6 Å². The summed E-state index contributed by atoms with van der Waals surface area (Å²) >= 11 is 0. The van der Waals surface area contributed by atoms with Crippen molar-refractivity contribution < 1.29 is 18.0 Å². The van der Waals surface area contributed by atoms with Crippen LogP contribution < -0.4 is 10.7 Å². The van der Waals surface area contributed by atoms with Crippen LogP contribution in [0.4, 0.5) is 13.2 Å². The number of hydrogen-bond acceptors (Lipinski definition) is 4. The molecule has 1 amide bonds. The van der Waals surface area contributed by atoms with Crippen LogP contribution in [0.3, 0.4) is 0 Å². The van der Waals surface area contributed by atoms with E-state index in [-0.39, 0.29) is 35.5 Å². The molecule has 1 atom stereocenters. The van der Waals surface area contributed by atoms with E-state index in [0.717, 1.165) is 16.8 Å². The van der Waals surface area contributed by atoms with Gasteiger partial charge < -0.3 is 10.2 Å². The van der Waals surface area contributed by atoms with Crippen molar-refractivity contribution in [1.82, 2.24) is 20.0 Å². The Bertz CT molecular complexity index is 930. The van der Waals surface area contributed by atoms with E-state index in [1.54, 1.807) is 0 Å². The summed E-state index contributed by atoms with van der Waals surface area (Å²) < 4.78 is 41.1. The molecule has 1 aliphatic rings. The van der Waals surface area contributed by atoms with Gasteiger partial charge in [-0.3, -0.25) is 9.59 Å². The number of alkyl halides is 3. The second kappa shape index (κ2) is 8.32. The van der Waals surface area contributed by atoms with Crippen LogP contribution in [0.25, 0.3) is 5.69 Å². The SMILES string of the molecule is Cc1cc(=O)c(C(=O)N2CCNCC2C)nn1-c1ccccc1C(F)(F)F.Cl. The molecule has 2 heterocycles. The third-order valence-electron chi connectivity index (χ3n) is 4.51. The number of benzene rings is 1. The van der Waals surface area contributed by atoms with Gasteiger partial charge in [0.25, 0.3) is 5.91 Å². The maximum absolute atomic E-state index is 13.4. The van der Waals surface area contributed by atoms with E-state index < -0.39 is 23.1 Å². The van der Waals surface area contributed by atoms with Crippen molar-refractivity contribution in [3.63, 3.8) is 0 Å². The van der Waals surface area contributed by atoms with Crippen LogP contribution in [0, 0.1) is 6.92 Å². The second-order valence-corrected chi connectivity index (χ2v) is 6.48. The Morgan fingerprint density at radius 3 is 2.61 bits per heavy atom. The Morgan fingerprint density at radius 1 is 1.29 bits per heavy atom. The zero-order valence-electron chi connectivity index (χ0n) is 15.3. The fraction of sp³-hybridized carbons (Fsp3) is 0.389. The summed E-state index contributed by atoms with van der Waals surface area (Å²) in [5.74, 6) is -0.577. The lowest BCUT2D eigenvalue weighted by Gasteiger charge is -2.33. The quantitative estimate of drug-likeness (QED) is 0.816. The van der Waals surface area contributed by atoms with Gasteiger partial charge in [0.1, 0.15) is 0 Å².